The number of benzene rings is 1. The molecule has 1 aliphatic heterocycles. The first kappa shape index (κ1) is 20.5. The number of nitrogens with one attached hydrogen (secondary N) is 2. The third-order valence-corrected chi connectivity index (χ3v) is 5.48. The summed E-state index contributed by atoms with van der Waals surface area (Å²) < 4.78 is 0. The van der Waals surface area contributed by atoms with Gasteiger partial charge in [-0.05, 0) is 73.4 Å². The van der Waals surface area contributed by atoms with E-state index in [1.165, 1.54) is 24.9 Å². The number of piperidine rings is 1. The van der Waals surface area contributed by atoms with Gasteiger partial charge < -0.3 is 20.9 Å². The van der Waals surface area contributed by atoms with Gasteiger partial charge in [0.1, 0.15) is 0 Å². The van der Waals surface area contributed by atoms with Crippen LogP contribution in [0.15, 0.2) is 72.4 Å². The first-order valence-electron chi connectivity index (χ1n) is 10.5. The Kier molecular flexibility index (Phi) is 6.17. The predicted octanol–water partition coefficient (Wildman–Crippen LogP) is 4.30. The lowest BCUT2D eigenvalue weighted by Gasteiger charge is -2.29. The summed E-state index contributed by atoms with van der Waals surface area (Å²) in [5.41, 5.74) is 11.1. The minimum atomic E-state index is -0.227. The molecule has 0 saturated carbocycles. The standard InChI is InChI=1S/C25H27N5O/c1-18(29-21-7-9-22(10-8-21)30-14-3-2-4-15-30)24-19(11-13-28-25(24)31)16-23(26)20-6-5-12-27-17-20/h5-13,16-17,29H,1-4,14-15,26H2,(H,28,31)/b23-16-. The van der Waals surface area contributed by atoms with Crippen LogP contribution in [0.2, 0.25) is 0 Å². The fourth-order valence-electron chi connectivity index (χ4n) is 3.85. The minimum absolute atomic E-state index is 0.227. The summed E-state index contributed by atoms with van der Waals surface area (Å²) in [7, 11) is 0. The molecule has 0 aliphatic carbocycles. The van der Waals surface area contributed by atoms with Crippen molar-refractivity contribution in [3.05, 3.63) is 94.7 Å². The van der Waals surface area contributed by atoms with E-state index >= 15 is 0 Å². The third-order valence-electron chi connectivity index (χ3n) is 5.48. The summed E-state index contributed by atoms with van der Waals surface area (Å²) in [5, 5.41) is 3.27. The van der Waals surface area contributed by atoms with Crippen molar-refractivity contribution in [3.8, 4) is 0 Å². The summed E-state index contributed by atoms with van der Waals surface area (Å²) in [5.74, 6) is 0. The van der Waals surface area contributed by atoms with Crippen LogP contribution >= 0.6 is 0 Å². The van der Waals surface area contributed by atoms with E-state index in [0.717, 1.165) is 24.3 Å². The second kappa shape index (κ2) is 9.34. The van der Waals surface area contributed by atoms with Gasteiger partial charge in [0, 0.05) is 60.0 Å². The molecule has 1 saturated heterocycles. The van der Waals surface area contributed by atoms with Gasteiger partial charge in [0.2, 0.25) is 0 Å². The number of anilines is 2. The summed E-state index contributed by atoms with van der Waals surface area (Å²) >= 11 is 0. The van der Waals surface area contributed by atoms with Gasteiger partial charge in [0.25, 0.3) is 5.56 Å². The number of hydrogen-bond acceptors (Lipinski definition) is 5. The van der Waals surface area contributed by atoms with Crippen molar-refractivity contribution < 1.29 is 0 Å². The smallest absolute Gasteiger partial charge is 0.257 e. The lowest BCUT2D eigenvalue weighted by Crippen LogP contribution is -2.29. The molecule has 158 valence electrons. The van der Waals surface area contributed by atoms with Gasteiger partial charge in [-0.3, -0.25) is 9.78 Å². The van der Waals surface area contributed by atoms with Crippen LogP contribution in [0.4, 0.5) is 11.4 Å². The van der Waals surface area contributed by atoms with Crippen LogP contribution in [0.1, 0.15) is 36.0 Å². The van der Waals surface area contributed by atoms with E-state index in [1.54, 1.807) is 24.7 Å². The predicted molar refractivity (Wildman–Crippen MR) is 129 cm³/mol. The van der Waals surface area contributed by atoms with E-state index in [9.17, 15) is 4.79 Å². The summed E-state index contributed by atoms with van der Waals surface area (Å²) in [4.78, 5) is 21.8. The average Bonchev–Trinajstić information content (AvgIpc) is 2.81. The Hall–Kier alpha value is -3.80. The van der Waals surface area contributed by atoms with Gasteiger partial charge in [-0.1, -0.05) is 6.58 Å². The van der Waals surface area contributed by atoms with E-state index in [1.807, 2.05) is 30.3 Å². The largest absolute Gasteiger partial charge is 0.398 e. The van der Waals surface area contributed by atoms with Gasteiger partial charge >= 0.3 is 0 Å². The summed E-state index contributed by atoms with van der Waals surface area (Å²) in [6, 6.07) is 13.8. The fraction of sp³-hybridized carbons (Fsp3) is 0.200. The average molecular weight is 414 g/mol. The maximum absolute atomic E-state index is 12.6. The number of hydrogen-bond donors (Lipinski definition) is 3. The lowest BCUT2D eigenvalue weighted by atomic mass is 10.0. The molecule has 3 aromatic rings. The van der Waals surface area contributed by atoms with Crippen LogP contribution in [-0.4, -0.2) is 23.1 Å². The van der Waals surface area contributed by atoms with E-state index in [2.05, 4.69) is 38.9 Å². The Labute approximate surface area is 182 Å². The highest BCUT2D eigenvalue weighted by Crippen LogP contribution is 2.24. The van der Waals surface area contributed by atoms with Crippen molar-refractivity contribution >= 4 is 28.8 Å². The number of pyridine rings is 2. The van der Waals surface area contributed by atoms with Crippen LogP contribution in [0.25, 0.3) is 17.5 Å². The number of nitrogens with zero attached hydrogens (tertiary/aromatic N) is 2. The van der Waals surface area contributed by atoms with Crippen LogP contribution in [-0.2, 0) is 0 Å². The number of H-pyrrole nitrogens is 1. The zero-order valence-electron chi connectivity index (χ0n) is 17.5. The second-order valence-electron chi connectivity index (χ2n) is 7.68. The SMILES string of the molecule is C=C(Nc1ccc(N2CCCCC2)cc1)c1c(/C=C(\N)c2cccnc2)cc[nH]c1=O. The molecular formula is C25H27N5O. The highest BCUT2D eigenvalue weighted by molar-refractivity contribution is 5.86. The molecule has 6 heteroatoms. The van der Waals surface area contributed by atoms with Crippen molar-refractivity contribution in [1.82, 2.24) is 9.97 Å². The second-order valence-corrected chi connectivity index (χ2v) is 7.68. The molecule has 0 radical (unpaired) electrons. The molecule has 31 heavy (non-hydrogen) atoms. The molecule has 0 bridgehead atoms. The lowest BCUT2D eigenvalue weighted by molar-refractivity contribution is 0.578. The number of aromatic amines is 1. The molecule has 0 amide bonds. The van der Waals surface area contributed by atoms with Gasteiger partial charge in [-0.15, -0.1) is 0 Å². The van der Waals surface area contributed by atoms with Crippen molar-refractivity contribution in [2.24, 2.45) is 5.73 Å². The Morgan fingerprint density at radius 3 is 2.61 bits per heavy atom. The van der Waals surface area contributed by atoms with E-state index < -0.39 is 0 Å². The molecule has 3 heterocycles. The van der Waals surface area contributed by atoms with Crippen molar-refractivity contribution in [1.29, 1.82) is 0 Å². The maximum Gasteiger partial charge on any atom is 0.257 e. The topological polar surface area (TPSA) is 87.0 Å². The molecule has 1 fully saturated rings. The normalized spacial score (nSPS) is 14.3. The molecule has 1 aliphatic rings. The van der Waals surface area contributed by atoms with Crippen LogP contribution < -0.4 is 21.5 Å². The number of aromatic nitrogens is 2. The fourth-order valence-corrected chi connectivity index (χ4v) is 3.85. The highest BCUT2D eigenvalue weighted by Gasteiger charge is 2.13. The molecule has 2 aromatic heterocycles. The molecule has 6 nitrogen and oxygen atoms in total. The molecule has 0 spiro atoms. The molecular weight excluding hydrogens is 386 g/mol. The zero-order valence-corrected chi connectivity index (χ0v) is 17.5. The third kappa shape index (κ3) is 4.86. The van der Waals surface area contributed by atoms with E-state index in [0.29, 0.717) is 22.5 Å². The molecule has 4 rings (SSSR count). The monoisotopic (exact) mass is 413 g/mol. The van der Waals surface area contributed by atoms with Gasteiger partial charge in [-0.2, -0.15) is 0 Å². The van der Waals surface area contributed by atoms with Gasteiger partial charge in [0.05, 0.1) is 5.56 Å². The molecule has 0 unspecified atom stereocenters. The summed E-state index contributed by atoms with van der Waals surface area (Å²) in [6.45, 7) is 6.32. The minimum Gasteiger partial charge on any atom is -0.398 e. The van der Waals surface area contributed by atoms with E-state index in [-0.39, 0.29) is 5.56 Å². The Morgan fingerprint density at radius 2 is 1.90 bits per heavy atom. The van der Waals surface area contributed by atoms with Crippen molar-refractivity contribution in [2.45, 2.75) is 19.3 Å². The zero-order chi connectivity index (χ0) is 21.6. The Morgan fingerprint density at radius 1 is 1.13 bits per heavy atom. The quantitative estimate of drug-likeness (QED) is 0.561. The van der Waals surface area contributed by atoms with Crippen molar-refractivity contribution in [2.75, 3.05) is 23.3 Å². The van der Waals surface area contributed by atoms with Gasteiger partial charge in [-0.25, -0.2) is 0 Å². The Balaban J connectivity index is 1.55. The number of nitrogens with two attached hydrogens (primary N) is 1. The van der Waals surface area contributed by atoms with Gasteiger partial charge in [0.15, 0.2) is 0 Å². The molecule has 4 N–H and O–H groups in total. The van der Waals surface area contributed by atoms with Crippen molar-refractivity contribution in [3.63, 3.8) is 0 Å². The summed E-state index contributed by atoms with van der Waals surface area (Å²) in [6.07, 6.45) is 10.6. The first-order chi connectivity index (χ1) is 15.1. The first-order valence-corrected chi connectivity index (χ1v) is 10.5. The van der Waals surface area contributed by atoms with E-state index in [4.69, 9.17) is 5.73 Å². The number of rotatable bonds is 6. The highest BCUT2D eigenvalue weighted by atomic mass is 16.1. The maximum atomic E-state index is 12.6. The molecule has 1 aromatic carbocycles. The molecule has 0 atom stereocenters. The van der Waals surface area contributed by atoms with Crippen LogP contribution in [0, 0.1) is 0 Å². The van der Waals surface area contributed by atoms with Crippen LogP contribution in [0.3, 0.4) is 0 Å². The Bertz CT molecular complexity index is 1130. The van der Waals surface area contributed by atoms with Crippen LogP contribution in [0.5, 0.6) is 0 Å².